The summed E-state index contributed by atoms with van der Waals surface area (Å²) in [6.45, 7) is 4.04. The highest BCUT2D eigenvalue weighted by atomic mass is 16.2. The van der Waals surface area contributed by atoms with Gasteiger partial charge in [-0.25, -0.2) is 4.79 Å². The molecule has 140 valence electrons. The van der Waals surface area contributed by atoms with E-state index in [1.807, 2.05) is 50.2 Å². The van der Waals surface area contributed by atoms with Crippen LogP contribution in [0.5, 0.6) is 0 Å². The minimum absolute atomic E-state index is 0.00258. The molecule has 0 unspecified atom stereocenters. The molecule has 0 fully saturated rings. The summed E-state index contributed by atoms with van der Waals surface area (Å²) in [6.07, 6.45) is 4.21. The summed E-state index contributed by atoms with van der Waals surface area (Å²) in [7, 11) is 3.58. The molecule has 0 radical (unpaired) electrons. The molecule has 3 heterocycles. The molecule has 0 aliphatic carbocycles. The highest BCUT2D eigenvalue weighted by Gasteiger charge is 2.19. The topological polar surface area (TPSA) is 75.9 Å². The molecule has 3 aromatic heterocycles. The first-order valence-corrected chi connectivity index (χ1v) is 8.85. The Labute approximate surface area is 159 Å². The number of carbonyl (C=O) groups excluding carboxylic acids is 1. The van der Waals surface area contributed by atoms with Gasteiger partial charge in [-0.2, -0.15) is 5.10 Å². The number of likely N-dealkylation sites (N-methyl/N-ethyl adjacent to an activating group) is 1. The maximum Gasteiger partial charge on any atom is 0.322 e. The van der Waals surface area contributed by atoms with Crippen molar-refractivity contribution >= 4 is 11.8 Å². The van der Waals surface area contributed by atoms with E-state index in [0.29, 0.717) is 17.9 Å². The summed E-state index contributed by atoms with van der Waals surface area (Å²) in [5.74, 6) is 0.619. The summed E-state index contributed by atoms with van der Waals surface area (Å²) < 4.78 is 1.64. The average Bonchev–Trinajstić information content (AvgIpc) is 3.02. The van der Waals surface area contributed by atoms with Gasteiger partial charge in [0.05, 0.1) is 5.69 Å². The van der Waals surface area contributed by atoms with Crippen LogP contribution >= 0.6 is 0 Å². The number of hydrogen-bond donors (Lipinski definition) is 1. The molecule has 0 saturated carbocycles. The van der Waals surface area contributed by atoms with Gasteiger partial charge in [-0.3, -0.25) is 20.0 Å². The second-order valence-electron chi connectivity index (χ2n) is 6.67. The molecule has 0 aromatic carbocycles. The first-order chi connectivity index (χ1) is 12.9. The zero-order valence-corrected chi connectivity index (χ0v) is 16.0. The molecule has 7 nitrogen and oxygen atoms in total. The SMILES string of the molecule is Cc1ccnc(C[C@@H](C)N(C)C(=O)Nc2cc(-c3ccccn3)nn2C)c1. The van der Waals surface area contributed by atoms with Crippen molar-refractivity contribution in [3.05, 3.63) is 60.0 Å². The number of urea groups is 1. The summed E-state index contributed by atoms with van der Waals surface area (Å²) >= 11 is 0. The van der Waals surface area contributed by atoms with Gasteiger partial charge in [-0.05, 0) is 43.7 Å². The second-order valence-corrected chi connectivity index (χ2v) is 6.67. The number of carbonyl (C=O) groups is 1. The Morgan fingerprint density at radius 2 is 2.00 bits per heavy atom. The second kappa shape index (κ2) is 7.99. The van der Waals surface area contributed by atoms with E-state index >= 15 is 0 Å². The molecule has 0 saturated heterocycles. The molecule has 7 heteroatoms. The Kier molecular flexibility index (Phi) is 5.49. The Hall–Kier alpha value is -3.22. The monoisotopic (exact) mass is 364 g/mol. The van der Waals surface area contributed by atoms with Crippen LogP contribution in [0, 0.1) is 6.92 Å². The normalized spacial score (nSPS) is 11.9. The van der Waals surface area contributed by atoms with Gasteiger partial charge in [0.25, 0.3) is 0 Å². The van der Waals surface area contributed by atoms with Gasteiger partial charge in [-0.1, -0.05) is 6.07 Å². The number of anilines is 1. The molecule has 0 spiro atoms. The number of aromatic nitrogens is 4. The summed E-state index contributed by atoms with van der Waals surface area (Å²) in [4.78, 5) is 23.0. The highest BCUT2D eigenvalue weighted by Crippen LogP contribution is 2.19. The molecule has 0 aliphatic rings. The maximum absolute atomic E-state index is 12.6. The molecule has 1 N–H and O–H groups in total. The van der Waals surface area contributed by atoms with E-state index in [9.17, 15) is 4.79 Å². The fraction of sp³-hybridized carbons (Fsp3) is 0.300. The summed E-state index contributed by atoms with van der Waals surface area (Å²) in [5.41, 5.74) is 3.62. The smallest absolute Gasteiger partial charge is 0.322 e. The lowest BCUT2D eigenvalue weighted by molar-refractivity contribution is 0.207. The molecule has 3 rings (SSSR count). The van der Waals surface area contributed by atoms with Crippen LogP contribution in [0.3, 0.4) is 0 Å². The third-order valence-electron chi connectivity index (χ3n) is 4.50. The van der Waals surface area contributed by atoms with Crippen LogP contribution in [0.25, 0.3) is 11.4 Å². The van der Waals surface area contributed by atoms with Crippen molar-refractivity contribution in [3.8, 4) is 11.4 Å². The van der Waals surface area contributed by atoms with Crippen LogP contribution in [0.2, 0.25) is 0 Å². The number of pyridine rings is 2. The minimum Gasteiger partial charge on any atom is -0.324 e. The van der Waals surface area contributed by atoms with Crippen molar-refractivity contribution < 1.29 is 4.79 Å². The lowest BCUT2D eigenvalue weighted by Crippen LogP contribution is -2.39. The molecule has 0 bridgehead atoms. The molecule has 2 amide bonds. The van der Waals surface area contributed by atoms with E-state index in [0.717, 1.165) is 17.0 Å². The van der Waals surface area contributed by atoms with E-state index in [1.54, 1.807) is 36.1 Å². The van der Waals surface area contributed by atoms with Gasteiger partial charge < -0.3 is 4.90 Å². The van der Waals surface area contributed by atoms with Crippen LogP contribution in [0.15, 0.2) is 48.8 Å². The van der Waals surface area contributed by atoms with Crippen molar-refractivity contribution in [1.82, 2.24) is 24.6 Å². The fourth-order valence-electron chi connectivity index (χ4n) is 2.77. The van der Waals surface area contributed by atoms with E-state index in [4.69, 9.17) is 0 Å². The number of hydrogen-bond acceptors (Lipinski definition) is 4. The Morgan fingerprint density at radius 3 is 2.70 bits per heavy atom. The van der Waals surface area contributed by atoms with Crippen LogP contribution in [0.4, 0.5) is 10.6 Å². The van der Waals surface area contributed by atoms with Gasteiger partial charge >= 0.3 is 6.03 Å². The van der Waals surface area contributed by atoms with Crippen LogP contribution in [-0.4, -0.2) is 43.8 Å². The molecular formula is C20H24N6O. The number of aryl methyl sites for hydroxylation is 2. The average molecular weight is 364 g/mol. The van der Waals surface area contributed by atoms with Gasteiger partial charge in [0.1, 0.15) is 11.5 Å². The van der Waals surface area contributed by atoms with Crippen molar-refractivity contribution in [2.45, 2.75) is 26.3 Å². The number of amides is 2. The molecule has 3 aromatic rings. The highest BCUT2D eigenvalue weighted by molar-refractivity contribution is 5.89. The largest absolute Gasteiger partial charge is 0.324 e. The van der Waals surface area contributed by atoms with Crippen LogP contribution in [-0.2, 0) is 13.5 Å². The fourth-order valence-corrected chi connectivity index (χ4v) is 2.77. The maximum atomic E-state index is 12.6. The lowest BCUT2D eigenvalue weighted by Gasteiger charge is -2.25. The Morgan fingerprint density at radius 1 is 1.19 bits per heavy atom. The Balaban J connectivity index is 1.67. The Bertz CT molecular complexity index is 921. The first kappa shape index (κ1) is 18.6. The van der Waals surface area contributed by atoms with E-state index < -0.39 is 0 Å². The third kappa shape index (κ3) is 4.49. The molecule has 27 heavy (non-hydrogen) atoms. The molecule has 0 aliphatic heterocycles. The van der Waals surface area contributed by atoms with Gasteiger partial charge in [-0.15, -0.1) is 0 Å². The predicted octanol–water partition coefficient (Wildman–Crippen LogP) is 3.28. The van der Waals surface area contributed by atoms with Crippen molar-refractivity contribution in [2.24, 2.45) is 7.05 Å². The van der Waals surface area contributed by atoms with Crippen LogP contribution in [0.1, 0.15) is 18.2 Å². The van der Waals surface area contributed by atoms with E-state index in [2.05, 4.69) is 20.4 Å². The lowest BCUT2D eigenvalue weighted by atomic mass is 10.1. The summed E-state index contributed by atoms with van der Waals surface area (Å²) in [5, 5.41) is 7.34. The van der Waals surface area contributed by atoms with Crippen molar-refractivity contribution in [2.75, 3.05) is 12.4 Å². The zero-order chi connectivity index (χ0) is 19.4. The van der Waals surface area contributed by atoms with Gasteiger partial charge in [0.2, 0.25) is 0 Å². The van der Waals surface area contributed by atoms with Crippen LogP contribution < -0.4 is 5.32 Å². The number of nitrogens with zero attached hydrogens (tertiary/aromatic N) is 5. The predicted molar refractivity (Wildman–Crippen MR) is 105 cm³/mol. The molecular weight excluding hydrogens is 340 g/mol. The summed E-state index contributed by atoms with van der Waals surface area (Å²) in [6, 6.07) is 11.3. The first-order valence-electron chi connectivity index (χ1n) is 8.85. The van der Waals surface area contributed by atoms with E-state index in [1.165, 1.54) is 0 Å². The van der Waals surface area contributed by atoms with Gasteiger partial charge in [0.15, 0.2) is 0 Å². The molecule has 1 atom stereocenters. The van der Waals surface area contributed by atoms with Crippen molar-refractivity contribution in [3.63, 3.8) is 0 Å². The standard InChI is InChI=1S/C20H24N6O/c1-14-8-10-21-16(11-14)12-15(2)25(3)20(27)23-19-13-18(24-26(19)4)17-7-5-6-9-22-17/h5-11,13,15H,12H2,1-4H3,(H,23,27)/t15-/m1/s1. The minimum atomic E-state index is -0.189. The third-order valence-corrected chi connectivity index (χ3v) is 4.50. The van der Waals surface area contributed by atoms with Crippen molar-refractivity contribution in [1.29, 1.82) is 0 Å². The zero-order valence-electron chi connectivity index (χ0n) is 16.0. The number of rotatable bonds is 5. The van der Waals surface area contributed by atoms with Gasteiger partial charge in [0, 0.05) is 50.7 Å². The van der Waals surface area contributed by atoms with E-state index in [-0.39, 0.29) is 12.1 Å². The quantitative estimate of drug-likeness (QED) is 0.754. The number of nitrogens with one attached hydrogen (secondary N) is 1.